The molecule has 4 nitrogen and oxygen atoms in total. The van der Waals surface area contributed by atoms with E-state index in [1.54, 1.807) is 0 Å². The van der Waals surface area contributed by atoms with Gasteiger partial charge in [0, 0.05) is 18.5 Å². The van der Waals surface area contributed by atoms with Gasteiger partial charge in [-0.25, -0.2) is 0 Å². The monoisotopic (exact) mass is 224 g/mol. The first-order chi connectivity index (χ1) is 7.50. The molecule has 0 bridgehead atoms. The maximum Gasteiger partial charge on any atom is 0.220 e. The highest BCUT2D eigenvalue weighted by Gasteiger charge is 2.10. The van der Waals surface area contributed by atoms with Gasteiger partial charge < -0.3 is 9.84 Å². The highest BCUT2D eigenvalue weighted by Crippen LogP contribution is 2.11. The van der Waals surface area contributed by atoms with E-state index in [4.69, 9.17) is 4.52 Å². The van der Waals surface area contributed by atoms with E-state index in [0.29, 0.717) is 18.9 Å². The van der Waals surface area contributed by atoms with Crippen molar-refractivity contribution in [1.82, 2.24) is 10.5 Å². The van der Waals surface area contributed by atoms with Gasteiger partial charge in [0.05, 0.1) is 5.69 Å². The molecular weight excluding hydrogens is 204 g/mol. The van der Waals surface area contributed by atoms with Gasteiger partial charge in [0.25, 0.3) is 0 Å². The van der Waals surface area contributed by atoms with Gasteiger partial charge in [0.1, 0.15) is 5.76 Å². The molecule has 0 spiro atoms. The van der Waals surface area contributed by atoms with E-state index in [0.717, 1.165) is 23.4 Å². The molecule has 1 aromatic rings. The Kier molecular flexibility index (Phi) is 4.52. The predicted octanol–water partition coefficient (Wildman–Crippen LogP) is 2.34. The van der Waals surface area contributed by atoms with E-state index in [1.807, 2.05) is 13.8 Å². The van der Waals surface area contributed by atoms with Gasteiger partial charge in [0.2, 0.25) is 5.91 Å². The van der Waals surface area contributed by atoms with Crippen LogP contribution in [0.15, 0.2) is 4.52 Å². The number of hydrogen-bond acceptors (Lipinski definition) is 3. The van der Waals surface area contributed by atoms with Crippen LogP contribution in [-0.2, 0) is 11.3 Å². The molecule has 1 aromatic heterocycles. The van der Waals surface area contributed by atoms with Crippen LogP contribution in [0.2, 0.25) is 0 Å². The summed E-state index contributed by atoms with van der Waals surface area (Å²) < 4.78 is 5.02. The minimum atomic E-state index is 0.0914. The standard InChI is InChI=1S/C12H20N2O2/c1-8(2)5-6-12(15)13-7-11-9(3)14-16-10(11)4/h8H,5-7H2,1-4H3,(H,13,15). The highest BCUT2D eigenvalue weighted by molar-refractivity contribution is 5.75. The van der Waals surface area contributed by atoms with Crippen LogP contribution in [0, 0.1) is 19.8 Å². The summed E-state index contributed by atoms with van der Waals surface area (Å²) in [6.07, 6.45) is 1.51. The van der Waals surface area contributed by atoms with Crippen LogP contribution in [0.4, 0.5) is 0 Å². The number of nitrogens with zero attached hydrogens (tertiary/aromatic N) is 1. The maximum atomic E-state index is 11.5. The van der Waals surface area contributed by atoms with Gasteiger partial charge in [-0.05, 0) is 26.2 Å². The molecule has 0 saturated carbocycles. The number of carbonyl (C=O) groups is 1. The molecule has 16 heavy (non-hydrogen) atoms. The smallest absolute Gasteiger partial charge is 0.220 e. The lowest BCUT2D eigenvalue weighted by atomic mass is 10.1. The maximum absolute atomic E-state index is 11.5. The fraction of sp³-hybridized carbons (Fsp3) is 0.667. The van der Waals surface area contributed by atoms with Crippen LogP contribution in [0.3, 0.4) is 0 Å². The molecule has 1 heterocycles. The summed E-state index contributed by atoms with van der Waals surface area (Å²) in [5.74, 6) is 1.43. The van der Waals surface area contributed by atoms with E-state index in [-0.39, 0.29) is 5.91 Å². The molecule has 1 rings (SSSR count). The van der Waals surface area contributed by atoms with Crippen molar-refractivity contribution in [3.05, 3.63) is 17.0 Å². The normalized spacial score (nSPS) is 10.8. The summed E-state index contributed by atoms with van der Waals surface area (Å²) in [6, 6.07) is 0. The van der Waals surface area contributed by atoms with E-state index in [2.05, 4.69) is 24.3 Å². The molecule has 0 aromatic carbocycles. The van der Waals surface area contributed by atoms with Gasteiger partial charge in [-0.1, -0.05) is 19.0 Å². The van der Waals surface area contributed by atoms with Crippen molar-refractivity contribution in [2.24, 2.45) is 5.92 Å². The average Bonchev–Trinajstić information content (AvgIpc) is 2.53. The second kappa shape index (κ2) is 5.68. The van der Waals surface area contributed by atoms with Gasteiger partial charge in [-0.3, -0.25) is 4.79 Å². The van der Waals surface area contributed by atoms with E-state index in [9.17, 15) is 4.79 Å². The van der Waals surface area contributed by atoms with Crippen LogP contribution in [-0.4, -0.2) is 11.1 Å². The first-order valence-electron chi connectivity index (χ1n) is 5.69. The number of rotatable bonds is 5. The molecule has 0 aliphatic heterocycles. The first-order valence-corrected chi connectivity index (χ1v) is 5.69. The molecule has 0 saturated heterocycles. The SMILES string of the molecule is Cc1noc(C)c1CNC(=O)CCC(C)C. The zero-order valence-corrected chi connectivity index (χ0v) is 10.5. The van der Waals surface area contributed by atoms with Gasteiger partial charge in [-0.2, -0.15) is 0 Å². The van der Waals surface area contributed by atoms with E-state index < -0.39 is 0 Å². The molecule has 0 radical (unpaired) electrons. The fourth-order valence-corrected chi connectivity index (χ4v) is 1.45. The quantitative estimate of drug-likeness (QED) is 0.835. The minimum Gasteiger partial charge on any atom is -0.361 e. The average molecular weight is 224 g/mol. The molecule has 90 valence electrons. The second-order valence-corrected chi connectivity index (χ2v) is 4.51. The Morgan fingerprint density at radius 1 is 1.44 bits per heavy atom. The largest absolute Gasteiger partial charge is 0.361 e. The van der Waals surface area contributed by atoms with Gasteiger partial charge in [0.15, 0.2) is 0 Å². The van der Waals surface area contributed by atoms with Crippen molar-refractivity contribution in [2.75, 3.05) is 0 Å². The minimum absolute atomic E-state index is 0.0914. The van der Waals surface area contributed by atoms with Gasteiger partial charge >= 0.3 is 0 Å². The Labute approximate surface area is 96.4 Å². The molecule has 0 aliphatic carbocycles. The number of aryl methyl sites for hydroxylation is 2. The summed E-state index contributed by atoms with van der Waals surface area (Å²) in [5.41, 5.74) is 1.83. The Morgan fingerprint density at radius 3 is 2.62 bits per heavy atom. The Hall–Kier alpha value is -1.32. The van der Waals surface area contributed by atoms with E-state index in [1.165, 1.54) is 0 Å². The predicted molar refractivity (Wildman–Crippen MR) is 61.9 cm³/mol. The lowest BCUT2D eigenvalue weighted by Gasteiger charge is -2.06. The van der Waals surface area contributed by atoms with Crippen LogP contribution in [0.5, 0.6) is 0 Å². The van der Waals surface area contributed by atoms with Gasteiger partial charge in [-0.15, -0.1) is 0 Å². The highest BCUT2D eigenvalue weighted by atomic mass is 16.5. The second-order valence-electron chi connectivity index (χ2n) is 4.51. The summed E-state index contributed by atoms with van der Waals surface area (Å²) in [4.78, 5) is 11.5. The van der Waals surface area contributed by atoms with Crippen molar-refractivity contribution in [2.45, 2.75) is 47.1 Å². The van der Waals surface area contributed by atoms with E-state index >= 15 is 0 Å². The Morgan fingerprint density at radius 2 is 2.12 bits per heavy atom. The number of nitrogens with one attached hydrogen (secondary N) is 1. The Balaban J connectivity index is 2.37. The molecule has 0 aliphatic rings. The lowest BCUT2D eigenvalue weighted by molar-refractivity contribution is -0.121. The third-order valence-corrected chi connectivity index (χ3v) is 2.59. The summed E-state index contributed by atoms with van der Waals surface area (Å²) >= 11 is 0. The number of aromatic nitrogens is 1. The molecular formula is C12H20N2O2. The molecule has 0 atom stereocenters. The van der Waals surface area contributed by atoms with Crippen molar-refractivity contribution in [3.63, 3.8) is 0 Å². The van der Waals surface area contributed by atoms with Crippen LogP contribution in [0.25, 0.3) is 0 Å². The summed E-state index contributed by atoms with van der Waals surface area (Å²) in [6.45, 7) is 8.48. The van der Waals surface area contributed by atoms with Crippen LogP contribution >= 0.6 is 0 Å². The van der Waals surface area contributed by atoms with Crippen molar-refractivity contribution in [1.29, 1.82) is 0 Å². The lowest BCUT2D eigenvalue weighted by Crippen LogP contribution is -2.23. The zero-order chi connectivity index (χ0) is 12.1. The Bertz CT molecular complexity index is 336. The first kappa shape index (κ1) is 12.7. The van der Waals surface area contributed by atoms with Crippen LogP contribution < -0.4 is 5.32 Å². The van der Waals surface area contributed by atoms with Crippen LogP contribution in [0.1, 0.15) is 43.7 Å². The number of carbonyl (C=O) groups excluding carboxylic acids is 1. The molecule has 0 unspecified atom stereocenters. The third kappa shape index (κ3) is 3.68. The molecule has 0 fully saturated rings. The number of amides is 1. The van der Waals surface area contributed by atoms with Crippen molar-refractivity contribution in [3.8, 4) is 0 Å². The fourth-order valence-electron chi connectivity index (χ4n) is 1.45. The summed E-state index contributed by atoms with van der Waals surface area (Å²) in [7, 11) is 0. The molecule has 1 N–H and O–H groups in total. The zero-order valence-electron chi connectivity index (χ0n) is 10.5. The molecule has 1 amide bonds. The van der Waals surface area contributed by atoms with Crippen molar-refractivity contribution < 1.29 is 9.32 Å². The molecule has 4 heteroatoms. The third-order valence-electron chi connectivity index (χ3n) is 2.59. The van der Waals surface area contributed by atoms with Crippen molar-refractivity contribution >= 4 is 5.91 Å². The topological polar surface area (TPSA) is 55.1 Å². The summed E-state index contributed by atoms with van der Waals surface area (Å²) in [5, 5.41) is 6.73. The number of hydrogen-bond donors (Lipinski definition) is 1.